The Morgan fingerprint density at radius 1 is 1.50 bits per heavy atom. The molecule has 1 amide bonds. The number of hydrogen-bond donors (Lipinski definition) is 0. The summed E-state index contributed by atoms with van der Waals surface area (Å²) in [7, 11) is 1.68. The van der Waals surface area contributed by atoms with Gasteiger partial charge in [0.1, 0.15) is 17.1 Å². The van der Waals surface area contributed by atoms with Gasteiger partial charge in [-0.2, -0.15) is 0 Å². The summed E-state index contributed by atoms with van der Waals surface area (Å²) >= 11 is 1.54. The maximum atomic E-state index is 12.6. The van der Waals surface area contributed by atoms with Crippen molar-refractivity contribution in [2.75, 3.05) is 12.8 Å². The van der Waals surface area contributed by atoms with Crippen molar-refractivity contribution in [2.24, 2.45) is 5.92 Å². The molecule has 0 spiro atoms. The third-order valence-electron chi connectivity index (χ3n) is 4.68. The lowest BCUT2D eigenvalue weighted by molar-refractivity contribution is 0.0771. The van der Waals surface area contributed by atoms with E-state index in [1.165, 1.54) is 22.9 Å². The molecule has 7 heteroatoms. The van der Waals surface area contributed by atoms with Crippen molar-refractivity contribution < 1.29 is 9.21 Å². The van der Waals surface area contributed by atoms with Crippen molar-refractivity contribution in [3.8, 4) is 0 Å². The molecular weight excluding hydrogens is 326 g/mol. The fraction of sp³-hybridized carbons (Fsp3) is 0.471. The van der Waals surface area contributed by atoms with E-state index < -0.39 is 0 Å². The number of hydrogen-bond acceptors (Lipinski definition) is 5. The summed E-state index contributed by atoms with van der Waals surface area (Å²) in [5.74, 6) is 3.43. The van der Waals surface area contributed by atoms with E-state index in [2.05, 4.69) is 11.9 Å². The number of amides is 1. The van der Waals surface area contributed by atoms with Gasteiger partial charge >= 0.3 is 0 Å². The molecule has 3 heterocycles. The van der Waals surface area contributed by atoms with Gasteiger partial charge in [-0.1, -0.05) is 18.7 Å². The van der Waals surface area contributed by atoms with Crippen molar-refractivity contribution in [3.63, 3.8) is 0 Å². The van der Waals surface area contributed by atoms with Crippen molar-refractivity contribution in [1.29, 1.82) is 0 Å². The molecule has 0 unspecified atom stereocenters. The fourth-order valence-electron chi connectivity index (χ4n) is 3.07. The van der Waals surface area contributed by atoms with Crippen molar-refractivity contribution in [1.82, 2.24) is 14.5 Å². The first-order valence-corrected chi connectivity index (χ1v) is 9.10. The predicted molar refractivity (Wildman–Crippen MR) is 90.2 cm³/mol. The van der Waals surface area contributed by atoms with Crippen LogP contribution in [0, 0.1) is 5.92 Å². The van der Waals surface area contributed by atoms with Crippen LogP contribution in [0.3, 0.4) is 0 Å². The molecule has 0 aromatic carbocycles. The zero-order valence-electron chi connectivity index (χ0n) is 13.7. The third-order valence-corrected chi connectivity index (χ3v) is 5.65. The molecule has 1 aliphatic carbocycles. The van der Waals surface area contributed by atoms with Crippen molar-refractivity contribution in [2.45, 2.75) is 37.5 Å². The van der Waals surface area contributed by atoms with Gasteiger partial charge in [0.05, 0.1) is 6.54 Å². The molecule has 126 valence electrons. The molecule has 4 rings (SSSR count). The first-order valence-electron chi connectivity index (χ1n) is 8.11. The third kappa shape index (κ3) is 2.66. The van der Waals surface area contributed by atoms with Gasteiger partial charge in [-0.25, -0.2) is 4.98 Å². The summed E-state index contributed by atoms with van der Waals surface area (Å²) in [6.45, 7) is 3.16. The molecule has 0 radical (unpaired) electrons. The van der Waals surface area contributed by atoms with Gasteiger partial charge in [-0.05, 0) is 24.5 Å². The topological polar surface area (TPSA) is 68.3 Å². The second-order valence-corrected chi connectivity index (χ2v) is 7.61. The molecule has 2 aromatic rings. The van der Waals surface area contributed by atoms with E-state index in [1.54, 1.807) is 11.6 Å². The Hall–Kier alpha value is -2.02. The van der Waals surface area contributed by atoms with E-state index in [-0.39, 0.29) is 17.0 Å². The smallest absolute Gasteiger partial charge is 0.267 e. The Bertz CT molecular complexity index is 857. The minimum absolute atomic E-state index is 0.117. The van der Waals surface area contributed by atoms with Gasteiger partial charge in [-0.15, -0.1) is 0 Å². The first-order chi connectivity index (χ1) is 11.5. The Morgan fingerprint density at radius 3 is 3.04 bits per heavy atom. The molecule has 2 atom stereocenters. The van der Waals surface area contributed by atoms with Crippen molar-refractivity contribution >= 4 is 17.7 Å². The first kappa shape index (κ1) is 15.5. The largest absolute Gasteiger partial charge is 0.464 e. The molecule has 1 aliphatic heterocycles. The highest BCUT2D eigenvalue weighted by molar-refractivity contribution is 7.99. The van der Waals surface area contributed by atoms with Crippen LogP contribution in [0.15, 0.2) is 32.7 Å². The lowest BCUT2D eigenvalue weighted by Gasteiger charge is -2.15. The van der Waals surface area contributed by atoms with Crippen LogP contribution in [-0.2, 0) is 13.1 Å². The van der Waals surface area contributed by atoms with E-state index in [1.807, 2.05) is 12.1 Å². The minimum atomic E-state index is -0.322. The van der Waals surface area contributed by atoms with Crippen LogP contribution in [-0.4, -0.2) is 33.2 Å². The van der Waals surface area contributed by atoms with Crippen LogP contribution in [0.1, 0.15) is 41.1 Å². The number of carbonyl (C=O) groups excluding carboxylic acids is 1. The lowest BCUT2D eigenvalue weighted by atomic mass is 10.2. The molecule has 1 saturated carbocycles. The molecule has 2 aliphatic rings. The van der Waals surface area contributed by atoms with Crippen LogP contribution >= 0.6 is 11.8 Å². The summed E-state index contributed by atoms with van der Waals surface area (Å²) < 4.78 is 7.42. The van der Waals surface area contributed by atoms with E-state index in [0.717, 1.165) is 23.7 Å². The zero-order valence-corrected chi connectivity index (χ0v) is 14.5. The average Bonchev–Trinajstić information content (AvgIpc) is 2.97. The van der Waals surface area contributed by atoms with Gasteiger partial charge in [0, 0.05) is 31.5 Å². The van der Waals surface area contributed by atoms with E-state index in [4.69, 9.17) is 4.42 Å². The van der Waals surface area contributed by atoms with Gasteiger partial charge in [0.15, 0.2) is 5.16 Å². The van der Waals surface area contributed by atoms with Crippen LogP contribution in [0.25, 0.3) is 0 Å². The standard InChI is InChI=1S/C17H19N3O3S/c1-10-7-12(10)14-4-3-11(23-14)9-19(2)15(21)13-8-18-17-20(16(13)22)5-6-24-17/h3-4,8,10,12H,5-7,9H2,1-2H3/t10-,12-/m1/s1. The maximum absolute atomic E-state index is 12.6. The Morgan fingerprint density at radius 2 is 2.29 bits per heavy atom. The molecule has 2 aromatic heterocycles. The van der Waals surface area contributed by atoms with Crippen LogP contribution in [0.4, 0.5) is 0 Å². The van der Waals surface area contributed by atoms with Crippen molar-refractivity contribution in [3.05, 3.63) is 45.8 Å². The number of rotatable bonds is 4. The molecule has 0 N–H and O–H groups in total. The SMILES string of the molecule is C[C@@H]1C[C@H]1c1ccc(CN(C)C(=O)c2cnc3n(c2=O)CCS3)o1. The monoisotopic (exact) mass is 345 g/mol. The second-order valence-electron chi connectivity index (χ2n) is 6.54. The highest BCUT2D eigenvalue weighted by atomic mass is 32.2. The second kappa shape index (κ2) is 5.81. The van der Waals surface area contributed by atoms with Crippen LogP contribution < -0.4 is 5.56 Å². The Kier molecular flexibility index (Phi) is 3.75. The molecular formula is C17H19N3O3S. The van der Waals surface area contributed by atoms with Gasteiger partial charge in [0.25, 0.3) is 11.5 Å². The number of carbonyl (C=O) groups is 1. The normalized spacial score (nSPS) is 21.6. The van der Waals surface area contributed by atoms with Crippen LogP contribution in [0.2, 0.25) is 0 Å². The highest BCUT2D eigenvalue weighted by Gasteiger charge is 2.36. The fourth-order valence-corrected chi connectivity index (χ4v) is 3.99. The Labute approximate surface area is 143 Å². The lowest BCUT2D eigenvalue weighted by Crippen LogP contribution is -2.34. The molecule has 0 saturated heterocycles. The average molecular weight is 345 g/mol. The summed E-state index contributed by atoms with van der Waals surface area (Å²) in [5.41, 5.74) is -0.139. The van der Waals surface area contributed by atoms with Gasteiger partial charge < -0.3 is 9.32 Å². The summed E-state index contributed by atoms with van der Waals surface area (Å²) in [6.07, 6.45) is 2.56. The quantitative estimate of drug-likeness (QED) is 0.796. The molecule has 24 heavy (non-hydrogen) atoms. The van der Waals surface area contributed by atoms with E-state index in [0.29, 0.717) is 30.1 Å². The zero-order chi connectivity index (χ0) is 16.8. The minimum Gasteiger partial charge on any atom is -0.464 e. The summed E-state index contributed by atoms with van der Waals surface area (Å²) in [6, 6.07) is 3.90. The highest BCUT2D eigenvalue weighted by Crippen LogP contribution is 2.47. The number of furan rings is 1. The Balaban J connectivity index is 1.50. The molecule has 6 nitrogen and oxygen atoms in total. The summed E-state index contributed by atoms with van der Waals surface area (Å²) in [4.78, 5) is 30.8. The number of thioether (sulfide) groups is 1. The van der Waals surface area contributed by atoms with E-state index in [9.17, 15) is 9.59 Å². The number of nitrogens with zero attached hydrogens (tertiary/aromatic N) is 3. The van der Waals surface area contributed by atoms with Gasteiger partial charge in [-0.3, -0.25) is 14.2 Å². The van der Waals surface area contributed by atoms with E-state index >= 15 is 0 Å². The van der Waals surface area contributed by atoms with Crippen LogP contribution in [0.5, 0.6) is 0 Å². The predicted octanol–water partition coefficient (Wildman–Crippen LogP) is 2.34. The van der Waals surface area contributed by atoms with Gasteiger partial charge in [0.2, 0.25) is 0 Å². The molecule has 0 bridgehead atoms. The number of aromatic nitrogens is 2. The summed E-state index contributed by atoms with van der Waals surface area (Å²) in [5, 5.41) is 0.688. The maximum Gasteiger partial charge on any atom is 0.267 e. The number of fused-ring (bicyclic) bond motifs is 1. The molecule has 1 fully saturated rings.